The minimum Gasteiger partial charge on any atom is -0.406 e. The fourth-order valence-corrected chi connectivity index (χ4v) is 3.83. The minimum atomic E-state index is -4.72. The molecule has 0 aliphatic rings. The second kappa shape index (κ2) is 16.1. The summed E-state index contributed by atoms with van der Waals surface area (Å²) >= 11 is 0. The Bertz CT molecular complexity index is 1100. The Labute approximate surface area is 232 Å². The van der Waals surface area contributed by atoms with E-state index in [9.17, 15) is 18.0 Å². The summed E-state index contributed by atoms with van der Waals surface area (Å²) in [6, 6.07) is 5.90. The molecule has 0 spiro atoms. The summed E-state index contributed by atoms with van der Waals surface area (Å²) < 4.78 is 41.8. The van der Waals surface area contributed by atoms with Crippen LogP contribution in [0.15, 0.2) is 48.7 Å². The van der Waals surface area contributed by atoms with Crippen LogP contribution in [-0.2, 0) is 4.79 Å². The van der Waals surface area contributed by atoms with Crippen molar-refractivity contribution in [3.63, 3.8) is 0 Å². The highest BCUT2D eigenvalue weighted by Gasteiger charge is 2.31. The van der Waals surface area contributed by atoms with Crippen LogP contribution in [-0.4, -0.2) is 29.2 Å². The van der Waals surface area contributed by atoms with Gasteiger partial charge in [-0.2, -0.15) is 0 Å². The van der Waals surface area contributed by atoms with Gasteiger partial charge < -0.3 is 9.64 Å². The van der Waals surface area contributed by atoms with Crippen LogP contribution in [0.5, 0.6) is 5.75 Å². The maximum Gasteiger partial charge on any atom is 0.573 e. The van der Waals surface area contributed by atoms with E-state index in [0.717, 1.165) is 60.6 Å². The van der Waals surface area contributed by atoms with Crippen LogP contribution in [0.25, 0.3) is 11.3 Å². The molecule has 0 N–H and O–H groups in total. The molecule has 0 aliphatic heterocycles. The second-order valence-corrected chi connectivity index (χ2v) is 9.90. The van der Waals surface area contributed by atoms with E-state index in [1.54, 1.807) is 12.1 Å². The molecule has 39 heavy (non-hydrogen) atoms. The van der Waals surface area contributed by atoms with Gasteiger partial charge in [-0.25, -0.2) is 9.97 Å². The molecule has 0 fully saturated rings. The molecule has 0 aliphatic carbocycles. The van der Waals surface area contributed by atoms with Crippen LogP contribution in [0.4, 0.5) is 19.0 Å². The average molecular weight is 548 g/mol. The lowest BCUT2D eigenvalue weighted by Crippen LogP contribution is -2.17. The third-order valence-corrected chi connectivity index (χ3v) is 6.65. The summed E-state index contributed by atoms with van der Waals surface area (Å²) in [5.41, 5.74) is 3.57. The number of benzene rings is 1. The number of alkyl halides is 3. The van der Waals surface area contributed by atoms with Crippen LogP contribution in [0, 0.1) is 12.8 Å². The lowest BCUT2D eigenvalue weighted by molar-refractivity contribution is -0.274. The van der Waals surface area contributed by atoms with Gasteiger partial charge in [0.25, 0.3) is 0 Å². The fourth-order valence-electron chi connectivity index (χ4n) is 3.83. The van der Waals surface area contributed by atoms with Crippen LogP contribution < -0.4 is 9.64 Å². The molecule has 216 valence electrons. The molecule has 1 aromatic heterocycles. The molecular formula is C31H44F3N3O2. The Morgan fingerprint density at radius 2 is 1.67 bits per heavy atom. The first kappa shape index (κ1) is 33.9. The van der Waals surface area contributed by atoms with Crippen molar-refractivity contribution in [2.75, 3.05) is 11.9 Å². The van der Waals surface area contributed by atoms with E-state index >= 15 is 0 Å². The Morgan fingerprint density at radius 3 is 2.13 bits per heavy atom. The lowest BCUT2D eigenvalue weighted by Gasteiger charge is -2.23. The second-order valence-electron chi connectivity index (χ2n) is 9.90. The van der Waals surface area contributed by atoms with E-state index < -0.39 is 6.36 Å². The normalized spacial score (nSPS) is 13.2. The van der Waals surface area contributed by atoms with Crippen molar-refractivity contribution >= 4 is 11.6 Å². The third-order valence-electron chi connectivity index (χ3n) is 6.65. The van der Waals surface area contributed by atoms with Crippen LogP contribution in [0.1, 0.15) is 91.0 Å². The van der Waals surface area contributed by atoms with Crippen LogP contribution >= 0.6 is 0 Å². The van der Waals surface area contributed by atoms with E-state index in [-0.39, 0.29) is 17.5 Å². The van der Waals surface area contributed by atoms with Gasteiger partial charge in [0.1, 0.15) is 17.4 Å². The summed E-state index contributed by atoms with van der Waals surface area (Å²) in [5.74, 6) is 2.21. The van der Waals surface area contributed by atoms with Gasteiger partial charge in [0.2, 0.25) is 0 Å². The quantitative estimate of drug-likeness (QED) is 0.248. The number of hydrogen-bond donors (Lipinski definition) is 0. The Morgan fingerprint density at radius 1 is 1.08 bits per heavy atom. The van der Waals surface area contributed by atoms with Crippen LogP contribution in [0.3, 0.4) is 0 Å². The topological polar surface area (TPSA) is 55.3 Å². The van der Waals surface area contributed by atoms with Crippen molar-refractivity contribution in [1.82, 2.24) is 9.97 Å². The molecule has 0 radical (unpaired) electrons. The highest BCUT2D eigenvalue weighted by Crippen LogP contribution is 2.34. The predicted octanol–water partition coefficient (Wildman–Crippen LogP) is 9.18. The van der Waals surface area contributed by atoms with E-state index in [2.05, 4.69) is 52.1 Å². The standard InChI is InChI=1S/C27H38F3N3O.C4H6O/c1-8-18(4)11-12-21(10-3)25-31-24(20(6)26(32-25)33(7)17-19(5)9-2)22-13-15-23(16-14-22)34-27(28,29)30;1-3-4(2)5/h13-18,21H,8-12H2,1-7H3;3H,1H2,2H3/b19-17+;. The monoisotopic (exact) mass is 547 g/mol. The van der Waals surface area contributed by atoms with Crippen molar-refractivity contribution in [2.45, 2.75) is 92.9 Å². The van der Waals surface area contributed by atoms with Gasteiger partial charge in [0.15, 0.2) is 5.78 Å². The van der Waals surface area contributed by atoms with E-state index in [0.29, 0.717) is 5.92 Å². The summed E-state index contributed by atoms with van der Waals surface area (Å²) in [5, 5.41) is 0. The van der Waals surface area contributed by atoms with Crippen molar-refractivity contribution in [3.8, 4) is 17.0 Å². The smallest absolute Gasteiger partial charge is 0.406 e. The lowest BCUT2D eigenvalue weighted by atomic mass is 9.92. The molecule has 0 amide bonds. The maximum atomic E-state index is 12.6. The zero-order valence-electron chi connectivity index (χ0n) is 24.7. The highest BCUT2D eigenvalue weighted by molar-refractivity contribution is 5.86. The number of ether oxygens (including phenoxy) is 1. The average Bonchev–Trinajstić information content (AvgIpc) is 2.89. The summed E-state index contributed by atoms with van der Waals surface area (Å²) in [6.45, 7) is 17.4. The molecular weight excluding hydrogens is 503 g/mol. The molecule has 2 unspecified atom stereocenters. The fraction of sp³-hybridized carbons (Fsp3) is 0.516. The van der Waals surface area contributed by atoms with Gasteiger partial charge >= 0.3 is 6.36 Å². The van der Waals surface area contributed by atoms with E-state index in [1.165, 1.54) is 30.7 Å². The van der Waals surface area contributed by atoms with Gasteiger partial charge in [-0.3, -0.25) is 4.79 Å². The predicted molar refractivity (Wildman–Crippen MR) is 154 cm³/mol. The number of carbonyl (C=O) groups is 1. The molecule has 8 heteroatoms. The number of anilines is 1. The van der Waals surface area contributed by atoms with Crippen molar-refractivity contribution < 1.29 is 22.7 Å². The number of nitrogens with zero attached hydrogens (tertiary/aromatic N) is 3. The maximum absolute atomic E-state index is 12.6. The van der Waals surface area contributed by atoms with E-state index in [1.807, 2.05) is 18.9 Å². The Balaban J connectivity index is 0.00000139. The first-order chi connectivity index (χ1) is 18.3. The molecule has 0 saturated heterocycles. The molecule has 5 nitrogen and oxygen atoms in total. The number of rotatable bonds is 12. The number of halogens is 3. The van der Waals surface area contributed by atoms with Crippen molar-refractivity contribution in [1.29, 1.82) is 0 Å². The van der Waals surface area contributed by atoms with Gasteiger partial charge in [-0.05, 0) is 76.3 Å². The summed E-state index contributed by atoms with van der Waals surface area (Å²) in [7, 11) is 1.97. The first-order valence-electron chi connectivity index (χ1n) is 13.5. The minimum absolute atomic E-state index is 0.0185. The molecule has 2 rings (SSSR count). The van der Waals surface area contributed by atoms with Gasteiger partial charge in [-0.1, -0.05) is 52.7 Å². The largest absolute Gasteiger partial charge is 0.573 e. The summed E-state index contributed by atoms with van der Waals surface area (Å²) in [4.78, 5) is 21.6. The molecule has 2 aromatic rings. The zero-order valence-corrected chi connectivity index (χ0v) is 24.7. The highest BCUT2D eigenvalue weighted by atomic mass is 19.4. The van der Waals surface area contributed by atoms with E-state index in [4.69, 9.17) is 9.97 Å². The molecule has 1 heterocycles. The molecule has 0 saturated carbocycles. The number of carbonyl (C=O) groups excluding carboxylic acids is 1. The number of hydrogen-bond acceptors (Lipinski definition) is 5. The van der Waals surface area contributed by atoms with Gasteiger partial charge in [-0.15, -0.1) is 13.2 Å². The number of ketones is 1. The molecule has 0 bridgehead atoms. The van der Waals surface area contributed by atoms with Gasteiger partial charge in [0, 0.05) is 30.3 Å². The molecule has 2 atom stereocenters. The zero-order chi connectivity index (χ0) is 29.8. The van der Waals surface area contributed by atoms with Gasteiger partial charge in [0.05, 0.1) is 5.69 Å². The Kier molecular flexibility index (Phi) is 13.9. The Hall–Kier alpha value is -3.16. The first-order valence-corrected chi connectivity index (χ1v) is 13.5. The van der Waals surface area contributed by atoms with Crippen molar-refractivity contribution in [3.05, 3.63) is 60.1 Å². The van der Waals surface area contributed by atoms with Crippen LogP contribution in [0.2, 0.25) is 0 Å². The SMILES string of the molecule is C=CC(C)=O.CC/C(C)=C/N(C)c1nc(C(CC)CCC(C)CC)nc(-c2ccc(OC(F)(F)F)cc2)c1C. The third kappa shape index (κ3) is 11.6. The summed E-state index contributed by atoms with van der Waals surface area (Å²) in [6.07, 6.45) is 3.72. The number of aromatic nitrogens is 2. The number of allylic oxidation sites excluding steroid dienone is 2. The van der Waals surface area contributed by atoms with Crippen molar-refractivity contribution in [2.24, 2.45) is 5.92 Å². The molecule has 1 aromatic carbocycles.